The molecule has 0 aliphatic carbocycles. The van der Waals surface area contributed by atoms with E-state index in [0.717, 1.165) is 6.61 Å². The summed E-state index contributed by atoms with van der Waals surface area (Å²) in [7, 11) is -2.81. The maximum absolute atomic E-state index is 9.77. The fraction of sp³-hybridized carbons (Fsp3) is 0.500. The number of halogens is 3. The molecule has 0 N–H and O–H groups in total. The third-order valence-electron chi connectivity index (χ3n) is 0.272. The molecule has 0 saturated carbocycles. The van der Waals surface area contributed by atoms with Crippen molar-refractivity contribution < 1.29 is 12.6 Å². The van der Waals surface area contributed by atoms with Crippen LogP contribution in [-0.2, 0) is 15.2 Å². The van der Waals surface area contributed by atoms with E-state index in [1.165, 1.54) is 0 Å². The first-order chi connectivity index (χ1) is 3.92. The van der Waals surface area contributed by atoms with Crippen molar-refractivity contribution in [3.8, 4) is 0 Å². The van der Waals surface area contributed by atoms with Gasteiger partial charge >= 0.3 is 0 Å². The Morgan fingerprint density at radius 3 is 1.89 bits per heavy atom. The maximum atomic E-state index is 9.77. The van der Waals surface area contributed by atoms with Gasteiger partial charge in [-0.25, -0.2) is 8.42 Å². The van der Waals surface area contributed by atoms with Gasteiger partial charge in [-0.3, -0.25) is 4.18 Å². The number of alkyl halides is 3. The molecule has 9 heavy (non-hydrogen) atoms. The standard InChI is InChI=1S/C2H2Br3O3S/c3-2(4,5)1-8-9(6)7/h1,9H. The highest BCUT2D eigenvalue weighted by Gasteiger charge is 2.18. The molecule has 3 nitrogen and oxygen atoms in total. The highest BCUT2D eigenvalue weighted by Crippen LogP contribution is 2.36. The third kappa shape index (κ3) is 9.35. The van der Waals surface area contributed by atoms with Crippen molar-refractivity contribution in [1.82, 2.24) is 0 Å². The fourth-order valence-corrected chi connectivity index (χ4v) is 1.06. The molecule has 0 atom stereocenters. The van der Waals surface area contributed by atoms with Crippen molar-refractivity contribution in [2.75, 3.05) is 0 Å². The molecule has 0 aliphatic rings. The number of rotatable bonds is 2. The lowest BCUT2D eigenvalue weighted by Gasteiger charge is -2.06. The summed E-state index contributed by atoms with van der Waals surface area (Å²) in [6, 6.07) is 0. The molecular weight excluding hydrogens is 344 g/mol. The molecule has 7 heteroatoms. The molecule has 0 unspecified atom stereocenters. The lowest BCUT2D eigenvalue weighted by molar-refractivity contribution is 0.416. The van der Waals surface area contributed by atoms with Crippen molar-refractivity contribution in [2.24, 2.45) is 0 Å². The molecule has 1 radical (unpaired) electrons. The van der Waals surface area contributed by atoms with Crippen LogP contribution in [0.5, 0.6) is 0 Å². The van der Waals surface area contributed by atoms with Crippen molar-refractivity contribution in [3.05, 3.63) is 6.61 Å². The van der Waals surface area contributed by atoms with Gasteiger partial charge in [0.15, 0.2) is 2.14 Å². The molecule has 0 rings (SSSR count). The van der Waals surface area contributed by atoms with Crippen LogP contribution in [0.2, 0.25) is 0 Å². The molecule has 0 spiro atoms. The topological polar surface area (TPSA) is 43.4 Å². The Morgan fingerprint density at radius 1 is 1.33 bits per heavy atom. The van der Waals surface area contributed by atoms with E-state index in [0.29, 0.717) is 0 Å². The van der Waals surface area contributed by atoms with Crippen LogP contribution < -0.4 is 0 Å². The molecule has 0 saturated heterocycles. The number of thiol groups is 1. The lowest BCUT2D eigenvalue weighted by Crippen LogP contribution is -2.02. The Balaban J connectivity index is 3.52. The average Bonchev–Trinajstić information content (AvgIpc) is 1.59. The zero-order chi connectivity index (χ0) is 7.49. The summed E-state index contributed by atoms with van der Waals surface area (Å²) in [5.74, 6) is 0. The summed E-state index contributed by atoms with van der Waals surface area (Å²) in [6.07, 6.45) is 0. The SMILES string of the molecule is O=[SH](=O)O[CH]C(Br)(Br)Br. The van der Waals surface area contributed by atoms with Crippen LogP contribution in [0.4, 0.5) is 0 Å². The summed E-state index contributed by atoms with van der Waals surface area (Å²) in [5, 5.41) is 0. The van der Waals surface area contributed by atoms with Crippen molar-refractivity contribution >= 4 is 58.8 Å². The van der Waals surface area contributed by atoms with Crippen molar-refractivity contribution in [3.63, 3.8) is 0 Å². The summed E-state index contributed by atoms with van der Waals surface area (Å²) in [6.45, 7) is 1.04. The average molecular weight is 346 g/mol. The Morgan fingerprint density at radius 2 is 1.78 bits per heavy atom. The second-order valence-corrected chi connectivity index (χ2v) is 8.59. The molecule has 0 heterocycles. The lowest BCUT2D eigenvalue weighted by atomic mass is 10.9. The molecule has 0 aromatic heterocycles. The van der Waals surface area contributed by atoms with E-state index < -0.39 is 13.1 Å². The third-order valence-corrected chi connectivity index (χ3v) is 1.11. The molecule has 0 amide bonds. The minimum absolute atomic E-state index is 0.762. The van der Waals surface area contributed by atoms with Gasteiger partial charge in [-0.1, -0.05) is 47.8 Å². The van der Waals surface area contributed by atoms with E-state index in [1.54, 1.807) is 0 Å². The van der Waals surface area contributed by atoms with E-state index in [4.69, 9.17) is 0 Å². The zero-order valence-corrected chi connectivity index (χ0v) is 9.54. The summed E-state index contributed by atoms with van der Waals surface area (Å²) in [5.41, 5.74) is 0. The van der Waals surface area contributed by atoms with Gasteiger partial charge in [-0.15, -0.1) is 0 Å². The predicted octanol–water partition coefficient (Wildman–Crippen LogP) is 1.53. The van der Waals surface area contributed by atoms with E-state index in [2.05, 4.69) is 52.0 Å². The van der Waals surface area contributed by atoms with Gasteiger partial charge in [-0.2, -0.15) is 0 Å². The quantitative estimate of drug-likeness (QED) is 0.610. The highest BCUT2D eigenvalue weighted by molar-refractivity contribution is 9.39. The smallest absolute Gasteiger partial charge is 0.257 e. The maximum Gasteiger partial charge on any atom is 0.257 e. The summed E-state index contributed by atoms with van der Waals surface area (Å²) < 4.78 is 22.9. The fourth-order valence-electron chi connectivity index (χ4n) is 0.103. The first kappa shape index (κ1) is 10.3. The molecule has 55 valence electrons. The minimum atomic E-state index is -2.81. The Hall–Kier alpha value is 1.35. The van der Waals surface area contributed by atoms with Crippen molar-refractivity contribution in [1.29, 1.82) is 0 Å². The Bertz CT molecular complexity index is 140. The van der Waals surface area contributed by atoms with Crippen LogP contribution in [0.25, 0.3) is 0 Å². The Labute approximate surface area is 79.7 Å². The summed E-state index contributed by atoms with van der Waals surface area (Å²) >= 11 is 8.98. The van der Waals surface area contributed by atoms with Gasteiger partial charge in [0.25, 0.3) is 11.0 Å². The molecule has 0 aromatic carbocycles. The van der Waals surface area contributed by atoms with E-state index in [1.807, 2.05) is 0 Å². The van der Waals surface area contributed by atoms with Gasteiger partial charge < -0.3 is 0 Å². The van der Waals surface area contributed by atoms with Crippen LogP contribution in [-0.4, -0.2) is 10.6 Å². The minimum Gasteiger partial charge on any atom is -0.263 e. The zero-order valence-electron chi connectivity index (χ0n) is 3.88. The second-order valence-electron chi connectivity index (χ2n) is 0.988. The number of hydrogen-bond donors (Lipinski definition) is 1. The first-order valence-electron chi connectivity index (χ1n) is 1.64. The van der Waals surface area contributed by atoms with E-state index >= 15 is 0 Å². The highest BCUT2D eigenvalue weighted by atomic mass is 80.0. The van der Waals surface area contributed by atoms with Crippen LogP contribution in [0.15, 0.2) is 0 Å². The largest absolute Gasteiger partial charge is 0.263 e. The molecule has 0 aromatic rings. The van der Waals surface area contributed by atoms with Gasteiger partial charge in [0.05, 0.1) is 0 Å². The molecule has 0 aliphatic heterocycles. The van der Waals surface area contributed by atoms with Gasteiger partial charge in [0, 0.05) is 0 Å². The first-order valence-corrected chi connectivity index (χ1v) is 5.11. The monoisotopic (exact) mass is 343 g/mol. The van der Waals surface area contributed by atoms with Gasteiger partial charge in [0.2, 0.25) is 0 Å². The predicted molar refractivity (Wildman–Crippen MR) is 45.2 cm³/mol. The molecular formula is C2H2Br3O3S. The number of hydrogen-bond acceptors (Lipinski definition) is 3. The molecule has 0 fully saturated rings. The van der Waals surface area contributed by atoms with Crippen molar-refractivity contribution in [2.45, 2.75) is 2.14 Å². The van der Waals surface area contributed by atoms with Crippen LogP contribution >= 0.6 is 47.8 Å². The van der Waals surface area contributed by atoms with Gasteiger partial charge in [0.1, 0.15) is 6.61 Å². The normalized spacial score (nSPS) is 12.4. The van der Waals surface area contributed by atoms with E-state index in [9.17, 15) is 8.42 Å². The second kappa shape index (κ2) is 4.27. The van der Waals surface area contributed by atoms with Crippen LogP contribution in [0.3, 0.4) is 0 Å². The van der Waals surface area contributed by atoms with Crippen LogP contribution in [0.1, 0.15) is 0 Å². The van der Waals surface area contributed by atoms with Gasteiger partial charge in [-0.05, 0) is 0 Å². The summed E-state index contributed by atoms with van der Waals surface area (Å²) in [4.78, 5) is 0. The molecule has 0 bridgehead atoms. The van der Waals surface area contributed by atoms with E-state index in [-0.39, 0.29) is 0 Å². The Kier molecular flexibility index (Phi) is 4.92. The van der Waals surface area contributed by atoms with Crippen LogP contribution in [0, 0.1) is 6.61 Å².